The summed E-state index contributed by atoms with van der Waals surface area (Å²) in [5, 5.41) is -0.00275. The number of thioether (sulfide) groups is 1. The van der Waals surface area contributed by atoms with E-state index in [4.69, 9.17) is 4.42 Å². The molecule has 0 bridgehead atoms. The SMILES string of the molecule is C=CCN1C(=O)/C(=C/c2ccco2)SC1=NS(=O)(=O)c1ccc(F)cc1. The largest absolute Gasteiger partial charge is 0.465 e. The molecule has 0 atom stereocenters. The average molecular weight is 392 g/mol. The molecule has 6 nitrogen and oxygen atoms in total. The van der Waals surface area contributed by atoms with Gasteiger partial charge in [0.05, 0.1) is 16.1 Å². The summed E-state index contributed by atoms with van der Waals surface area (Å²) < 4.78 is 46.9. The molecule has 2 aromatic rings. The Morgan fingerprint density at radius 2 is 2.00 bits per heavy atom. The fourth-order valence-electron chi connectivity index (χ4n) is 2.13. The third kappa shape index (κ3) is 3.78. The smallest absolute Gasteiger partial charge is 0.284 e. The normalized spacial score (nSPS) is 18.0. The molecule has 1 aliphatic heterocycles. The first-order valence-corrected chi connectivity index (χ1v) is 9.63. The number of sulfonamides is 1. The molecule has 3 rings (SSSR count). The molecule has 1 aliphatic rings. The zero-order valence-corrected chi connectivity index (χ0v) is 15.0. The Kier molecular flexibility index (Phi) is 5.10. The highest BCUT2D eigenvalue weighted by Crippen LogP contribution is 2.33. The van der Waals surface area contributed by atoms with Crippen molar-refractivity contribution in [3.05, 3.63) is 71.8 Å². The minimum Gasteiger partial charge on any atom is -0.465 e. The second-order valence-corrected chi connectivity index (χ2v) is 7.75. The van der Waals surface area contributed by atoms with Crippen LogP contribution in [0.5, 0.6) is 0 Å². The summed E-state index contributed by atoms with van der Waals surface area (Å²) in [5.74, 6) is -0.500. The maximum Gasteiger partial charge on any atom is 0.284 e. The van der Waals surface area contributed by atoms with Gasteiger partial charge in [-0.1, -0.05) is 6.08 Å². The second-order valence-electron chi connectivity index (χ2n) is 5.13. The number of hydrogen-bond acceptors (Lipinski definition) is 5. The van der Waals surface area contributed by atoms with Gasteiger partial charge in [0.15, 0.2) is 5.17 Å². The monoisotopic (exact) mass is 392 g/mol. The van der Waals surface area contributed by atoms with Gasteiger partial charge < -0.3 is 4.42 Å². The van der Waals surface area contributed by atoms with Gasteiger partial charge in [-0.2, -0.15) is 8.42 Å². The number of nitrogens with zero attached hydrogens (tertiary/aromatic N) is 2. The number of carbonyl (C=O) groups excluding carboxylic acids is 1. The van der Waals surface area contributed by atoms with Crippen LogP contribution in [0.1, 0.15) is 5.76 Å². The van der Waals surface area contributed by atoms with Crippen LogP contribution in [0, 0.1) is 5.82 Å². The van der Waals surface area contributed by atoms with Gasteiger partial charge in [0, 0.05) is 12.6 Å². The first-order valence-electron chi connectivity index (χ1n) is 7.37. The fraction of sp³-hybridized carbons (Fsp3) is 0.0588. The van der Waals surface area contributed by atoms with Gasteiger partial charge >= 0.3 is 0 Å². The fourth-order valence-corrected chi connectivity index (χ4v) is 4.30. The first kappa shape index (κ1) is 18.2. The van der Waals surface area contributed by atoms with Crippen molar-refractivity contribution >= 4 is 38.9 Å². The van der Waals surface area contributed by atoms with Crippen molar-refractivity contribution in [2.45, 2.75) is 4.90 Å². The molecule has 9 heteroatoms. The zero-order chi connectivity index (χ0) is 18.7. The Labute approximate surface area is 153 Å². The number of furan rings is 1. The second kappa shape index (κ2) is 7.30. The van der Waals surface area contributed by atoms with E-state index in [9.17, 15) is 17.6 Å². The molecule has 0 N–H and O–H groups in total. The molecule has 134 valence electrons. The number of halogens is 1. The summed E-state index contributed by atoms with van der Waals surface area (Å²) in [7, 11) is -4.10. The van der Waals surface area contributed by atoms with Gasteiger partial charge in [0.25, 0.3) is 15.9 Å². The molecule has 1 aromatic heterocycles. The van der Waals surface area contributed by atoms with Crippen molar-refractivity contribution in [2.24, 2.45) is 4.40 Å². The van der Waals surface area contributed by atoms with Crippen molar-refractivity contribution in [1.29, 1.82) is 0 Å². The van der Waals surface area contributed by atoms with Gasteiger partial charge in [-0.05, 0) is 48.2 Å². The summed E-state index contributed by atoms with van der Waals surface area (Å²) >= 11 is 0.916. The lowest BCUT2D eigenvalue weighted by Crippen LogP contribution is -2.29. The van der Waals surface area contributed by atoms with Gasteiger partial charge in [0.1, 0.15) is 11.6 Å². The maximum absolute atomic E-state index is 13.0. The van der Waals surface area contributed by atoms with Gasteiger partial charge in [0.2, 0.25) is 0 Å². The van der Waals surface area contributed by atoms with Gasteiger partial charge in [-0.25, -0.2) is 4.39 Å². The van der Waals surface area contributed by atoms with Gasteiger partial charge in [-0.3, -0.25) is 9.69 Å². The molecular weight excluding hydrogens is 379 g/mol. The van der Waals surface area contributed by atoms with E-state index in [-0.39, 0.29) is 21.5 Å². The van der Waals surface area contributed by atoms with Crippen LogP contribution in [-0.2, 0) is 14.8 Å². The molecule has 1 saturated heterocycles. The third-order valence-corrected chi connectivity index (χ3v) is 5.73. The minimum absolute atomic E-state index is 0.00275. The maximum atomic E-state index is 13.0. The van der Waals surface area contributed by atoms with E-state index in [1.165, 1.54) is 23.3 Å². The number of amides is 1. The Bertz CT molecular complexity index is 994. The van der Waals surface area contributed by atoms with E-state index in [0.717, 1.165) is 36.0 Å². The Hall–Kier alpha value is -2.65. The number of carbonyl (C=O) groups is 1. The van der Waals surface area contributed by atoms with Crippen LogP contribution in [0.25, 0.3) is 6.08 Å². The van der Waals surface area contributed by atoms with E-state index in [2.05, 4.69) is 11.0 Å². The van der Waals surface area contributed by atoms with Crippen LogP contribution in [0.4, 0.5) is 4.39 Å². The Balaban J connectivity index is 1.98. The van der Waals surface area contributed by atoms with Crippen LogP contribution < -0.4 is 0 Å². The molecular formula is C17H13FN2O4S2. The lowest BCUT2D eigenvalue weighted by Gasteiger charge is -2.12. The van der Waals surface area contributed by atoms with Crippen molar-refractivity contribution in [3.63, 3.8) is 0 Å². The number of hydrogen-bond donors (Lipinski definition) is 0. The van der Waals surface area contributed by atoms with E-state index < -0.39 is 21.7 Å². The molecule has 1 fully saturated rings. The summed E-state index contributed by atoms with van der Waals surface area (Å²) in [6.07, 6.45) is 4.44. The predicted octanol–water partition coefficient (Wildman–Crippen LogP) is 3.27. The molecule has 26 heavy (non-hydrogen) atoms. The molecule has 0 saturated carbocycles. The van der Waals surface area contributed by atoms with E-state index in [1.54, 1.807) is 12.1 Å². The predicted molar refractivity (Wildman–Crippen MR) is 97.2 cm³/mol. The number of rotatable bonds is 5. The lowest BCUT2D eigenvalue weighted by molar-refractivity contribution is -0.121. The van der Waals surface area contributed by atoms with Crippen molar-refractivity contribution in [3.8, 4) is 0 Å². The van der Waals surface area contributed by atoms with E-state index in [0.29, 0.717) is 5.76 Å². The highest BCUT2D eigenvalue weighted by Gasteiger charge is 2.34. The first-order chi connectivity index (χ1) is 12.4. The third-order valence-electron chi connectivity index (χ3n) is 3.33. The molecule has 1 aromatic carbocycles. The zero-order valence-electron chi connectivity index (χ0n) is 13.3. The quantitative estimate of drug-likeness (QED) is 0.576. The summed E-state index contributed by atoms with van der Waals surface area (Å²) in [6, 6.07) is 7.64. The van der Waals surface area contributed by atoms with Crippen molar-refractivity contribution < 1.29 is 22.0 Å². The highest BCUT2D eigenvalue weighted by molar-refractivity contribution is 8.19. The minimum atomic E-state index is -4.10. The highest BCUT2D eigenvalue weighted by atomic mass is 32.2. The lowest BCUT2D eigenvalue weighted by atomic mass is 10.3. The number of benzene rings is 1. The van der Waals surface area contributed by atoms with Crippen LogP contribution >= 0.6 is 11.8 Å². The molecule has 0 unspecified atom stereocenters. The standard InChI is InChI=1S/C17H13FN2O4S2/c1-2-9-20-16(21)15(11-13-4-3-10-24-13)25-17(20)19-26(22,23)14-7-5-12(18)6-8-14/h2-8,10-11H,1,9H2/b15-11-,19-17?. The molecule has 0 spiro atoms. The van der Waals surface area contributed by atoms with Crippen LogP contribution in [0.2, 0.25) is 0 Å². The van der Waals surface area contributed by atoms with Crippen LogP contribution in [0.3, 0.4) is 0 Å². The Morgan fingerprint density at radius 3 is 2.62 bits per heavy atom. The molecule has 0 radical (unpaired) electrons. The summed E-state index contributed by atoms with van der Waals surface area (Å²) in [4.78, 5) is 13.8. The average Bonchev–Trinajstić information content (AvgIpc) is 3.20. The van der Waals surface area contributed by atoms with Crippen molar-refractivity contribution in [1.82, 2.24) is 4.90 Å². The van der Waals surface area contributed by atoms with Crippen LogP contribution in [-0.4, -0.2) is 30.9 Å². The summed E-state index contributed by atoms with van der Waals surface area (Å²) in [6.45, 7) is 3.67. The van der Waals surface area contributed by atoms with E-state index in [1.807, 2.05) is 0 Å². The van der Waals surface area contributed by atoms with Crippen molar-refractivity contribution in [2.75, 3.05) is 6.54 Å². The molecule has 2 heterocycles. The molecule has 1 amide bonds. The number of amidine groups is 1. The Morgan fingerprint density at radius 1 is 1.27 bits per heavy atom. The van der Waals surface area contributed by atoms with Crippen LogP contribution in [0.15, 0.2) is 73.9 Å². The molecule has 0 aliphatic carbocycles. The topological polar surface area (TPSA) is 80.0 Å². The summed E-state index contributed by atoms with van der Waals surface area (Å²) in [5.41, 5.74) is 0. The van der Waals surface area contributed by atoms with Gasteiger partial charge in [-0.15, -0.1) is 11.0 Å². The van der Waals surface area contributed by atoms with E-state index >= 15 is 0 Å².